The van der Waals surface area contributed by atoms with Gasteiger partial charge in [-0.25, -0.2) is 8.42 Å². The number of nitrogens with one attached hydrogen (secondary N) is 2. The molecule has 0 radical (unpaired) electrons. The van der Waals surface area contributed by atoms with Gasteiger partial charge >= 0.3 is 18.3 Å². The number of ether oxygens (including phenoxy) is 1. The fourth-order valence-electron chi connectivity index (χ4n) is 3.17. The van der Waals surface area contributed by atoms with Crippen molar-refractivity contribution in [2.45, 2.75) is 54.3 Å². The van der Waals surface area contributed by atoms with Gasteiger partial charge in [-0.05, 0) is 31.0 Å². The number of rotatable bonds is 4. The summed E-state index contributed by atoms with van der Waals surface area (Å²) in [6, 6.07) is 3.13. The van der Waals surface area contributed by atoms with Crippen molar-refractivity contribution in [1.29, 1.82) is 0 Å². The van der Waals surface area contributed by atoms with E-state index in [2.05, 4.69) is 0 Å². The second kappa shape index (κ2) is 8.65. The van der Waals surface area contributed by atoms with Crippen molar-refractivity contribution in [3.8, 4) is 0 Å². The molecule has 0 aromatic heterocycles. The normalized spacial score (nSPS) is 22.6. The van der Waals surface area contributed by atoms with Crippen LogP contribution in [0.1, 0.15) is 31.7 Å². The molecule has 2 unspecified atom stereocenters. The third kappa shape index (κ3) is 5.29. The number of carbonyl (C=O) groups excluding carboxylic acids is 2. The molecule has 14 heteroatoms. The first-order chi connectivity index (χ1) is 14.1. The number of hydrazine groups is 1. The van der Waals surface area contributed by atoms with Crippen LogP contribution in [0.15, 0.2) is 29.2 Å². The molecule has 174 valence electrons. The second-order valence-corrected chi connectivity index (χ2v) is 9.16. The number of amides is 2. The summed E-state index contributed by atoms with van der Waals surface area (Å²) in [5.41, 5.74) is 1.49. The molecule has 31 heavy (non-hydrogen) atoms. The van der Waals surface area contributed by atoms with Crippen LogP contribution in [0.3, 0.4) is 0 Å². The third-order valence-corrected chi connectivity index (χ3v) is 7.64. The minimum absolute atomic E-state index is 0.104. The largest absolute Gasteiger partial charge is 0.472 e. The summed E-state index contributed by atoms with van der Waals surface area (Å²) in [5.74, 6) is -3.68. The molecule has 1 aliphatic heterocycles. The number of sulfone groups is 1. The highest BCUT2D eigenvalue weighted by atomic mass is 32.2. The Bertz CT molecular complexity index is 947. The van der Waals surface area contributed by atoms with Crippen molar-refractivity contribution < 1.29 is 49.1 Å². The fraction of sp³-hybridized carbons (Fsp3) is 0.529. The number of carbonyl (C=O) groups is 2. The Morgan fingerprint density at radius 2 is 1.81 bits per heavy atom. The molecule has 1 aliphatic rings. The lowest BCUT2D eigenvalue weighted by Gasteiger charge is -2.39. The van der Waals surface area contributed by atoms with Crippen LogP contribution in [0.4, 0.5) is 26.3 Å². The molecule has 0 spiro atoms. The average molecular weight is 476 g/mol. The number of hydrogen-bond donors (Lipinski definition) is 2. The van der Waals surface area contributed by atoms with Crippen LogP contribution in [-0.4, -0.2) is 43.9 Å². The van der Waals surface area contributed by atoms with Crippen LogP contribution in [0.5, 0.6) is 0 Å². The van der Waals surface area contributed by atoms with Gasteiger partial charge in [-0.15, -0.1) is 0 Å². The standard InChI is InChI=1S/C17H18F6N2O5S/c1-2-15(31(28,29)11-5-3-4-10(8-11)16(18,19)20)6-7-30-12(9-15)13(26)24-25-14(27)17(21,22)23/h3-5,8,12H,2,6-7,9H2,1H3,(H,24,26)(H,25,27). The van der Waals surface area contributed by atoms with Crippen LogP contribution < -0.4 is 10.9 Å². The molecule has 1 aromatic carbocycles. The molecule has 0 bridgehead atoms. The molecule has 2 rings (SSSR count). The van der Waals surface area contributed by atoms with Gasteiger partial charge in [0.05, 0.1) is 15.2 Å². The third-order valence-electron chi connectivity index (χ3n) is 4.97. The highest BCUT2D eigenvalue weighted by molar-refractivity contribution is 7.92. The van der Waals surface area contributed by atoms with Gasteiger partial charge in [0.2, 0.25) is 0 Å². The maximum atomic E-state index is 13.2. The van der Waals surface area contributed by atoms with Gasteiger partial charge < -0.3 is 4.74 Å². The number of hydrogen-bond acceptors (Lipinski definition) is 5. The van der Waals surface area contributed by atoms with Crippen LogP contribution in [-0.2, 0) is 30.3 Å². The van der Waals surface area contributed by atoms with Gasteiger partial charge in [0.1, 0.15) is 6.10 Å². The summed E-state index contributed by atoms with van der Waals surface area (Å²) < 4.78 is 106. The Hall–Kier alpha value is -2.35. The first kappa shape index (κ1) is 24.9. The Morgan fingerprint density at radius 1 is 1.16 bits per heavy atom. The molecular weight excluding hydrogens is 458 g/mol. The van der Waals surface area contributed by atoms with Crippen molar-refractivity contribution in [2.24, 2.45) is 0 Å². The lowest BCUT2D eigenvalue weighted by atomic mass is 9.91. The predicted molar refractivity (Wildman–Crippen MR) is 93.0 cm³/mol. The molecule has 0 saturated carbocycles. The van der Waals surface area contributed by atoms with Crippen LogP contribution >= 0.6 is 0 Å². The summed E-state index contributed by atoms with van der Waals surface area (Å²) >= 11 is 0. The predicted octanol–water partition coefficient (Wildman–Crippen LogP) is 2.52. The summed E-state index contributed by atoms with van der Waals surface area (Å²) in [5, 5.41) is 0. The number of alkyl halides is 6. The topological polar surface area (TPSA) is 102 Å². The van der Waals surface area contributed by atoms with E-state index >= 15 is 0 Å². The van der Waals surface area contributed by atoms with Crippen molar-refractivity contribution >= 4 is 21.7 Å². The van der Waals surface area contributed by atoms with Crippen molar-refractivity contribution in [1.82, 2.24) is 10.9 Å². The fourth-order valence-corrected chi connectivity index (χ4v) is 5.31. The van der Waals surface area contributed by atoms with E-state index in [1.807, 2.05) is 0 Å². The molecule has 0 aliphatic carbocycles. The van der Waals surface area contributed by atoms with Crippen molar-refractivity contribution in [2.75, 3.05) is 6.61 Å². The average Bonchev–Trinajstić information content (AvgIpc) is 2.70. The van der Waals surface area contributed by atoms with Gasteiger partial charge in [-0.3, -0.25) is 20.4 Å². The van der Waals surface area contributed by atoms with Crippen LogP contribution in [0, 0.1) is 0 Å². The summed E-state index contributed by atoms with van der Waals surface area (Å²) in [7, 11) is -4.40. The highest BCUT2D eigenvalue weighted by Crippen LogP contribution is 2.41. The van der Waals surface area contributed by atoms with Crippen molar-refractivity contribution in [3.63, 3.8) is 0 Å². The van der Waals surface area contributed by atoms with E-state index in [0.29, 0.717) is 12.1 Å². The van der Waals surface area contributed by atoms with Gasteiger partial charge in [0.15, 0.2) is 9.84 Å². The van der Waals surface area contributed by atoms with Gasteiger partial charge in [-0.2, -0.15) is 26.3 Å². The van der Waals surface area contributed by atoms with Gasteiger partial charge in [0.25, 0.3) is 5.91 Å². The molecule has 1 aromatic rings. The molecule has 1 heterocycles. The van der Waals surface area contributed by atoms with E-state index in [1.54, 1.807) is 0 Å². The number of benzene rings is 1. The smallest absolute Gasteiger partial charge is 0.368 e. The number of halogens is 6. The molecule has 1 saturated heterocycles. The zero-order valence-corrected chi connectivity index (χ0v) is 16.7. The minimum atomic E-state index is -5.26. The molecule has 2 atom stereocenters. The summed E-state index contributed by atoms with van der Waals surface area (Å²) in [6.07, 6.45) is -12.4. The molecule has 1 fully saturated rings. The monoisotopic (exact) mass is 476 g/mol. The van der Waals surface area contributed by atoms with Crippen LogP contribution in [0.25, 0.3) is 0 Å². The van der Waals surface area contributed by atoms with E-state index < -0.39 is 61.7 Å². The molecule has 2 N–H and O–H groups in total. The van der Waals surface area contributed by atoms with E-state index in [9.17, 15) is 44.3 Å². The SMILES string of the molecule is CCC1(S(=O)(=O)c2cccc(C(F)(F)F)c2)CCOC(C(=O)NNC(=O)C(F)(F)F)C1. The zero-order chi connectivity index (χ0) is 23.7. The van der Waals surface area contributed by atoms with Crippen molar-refractivity contribution in [3.05, 3.63) is 29.8 Å². The van der Waals surface area contributed by atoms with Gasteiger partial charge in [0, 0.05) is 13.0 Å². The molecule has 7 nitrogen and oxygen atoms in total. The minimum Gasteiger partial charge on any atom is -0.368 e. The second-order valence-electron chi connectivity index (χ2n) is 6.82. The Balaban J connectivity index is 2.28. The van der Waals surface area contributed by atoms with E-state index in [0.717, 1.165) is 17.6 Å². The lowest BCUT2D eigenvalue weighted by molar-refractivity contribution is -0.175. The summed E-state index contributed by atoms with van der Waals surface area (Å²) in [4.78, 5) is 22.3. The lowest BCUT2D eigenvalue weighted by Crippen LogP contribution is -2.55. The maximum absolute atomic E-state index is 13.2. The molecule has 2 amide bonds. The highest BCUT2D eigenvalue weighted by Gasteiger charge is 2.49. The Kier molecular flexibility index (Phi) is 6.95. The van der Waals surface area contributed by atoms with Crippen LogP contribution in [0.2, 0.25) is 0 Å². The summed E-state index contributed by atoms with van der Waals surface area (Å²) in [6.45, 7) is 1.16. The maximum Gasteiger partial charge on any atom is 0.472 e. The first-order valence-corrected chi connectivity index (χ1v) is 10.3. The molecular formula is C17H18F6N2O5S. The Morgan fingerprint density at radius 3 is 2.35 bits per heavy atom. The van der Waals surface area contributed by atoms with E-state index in [1.165, 1.54) is 12.3 Å². The van der Waals surface area contributed by atoms with E-state index in [-0.39, 0.29) is 19.4 Å². The van der Waals surface area contributed by atoms with Gasteiger partial charge in [-0.1, -0.05) is 13.0 Å². The first-order valence-electron chi connectivity index (χ1n) is 8.84. The zero-order valence-electron chi connectivity index (χ0n) is 15.9. The quantitative estimate of drug-likeness (QED) is 0.514. The Labute approximate surface area is 173 Å². The van der Waals surface area contributed by atoms with E-state index in [4.69, 9.17) is 4.74 Å².